The van der Waals surface area contributed by atoms with Crippen LogP contribution in [0.5, 0.6) is 0 Å². The molecule has 4 rings (SSSR count). The smallest absolute Gasteiger partial charge is 0.254 e. The summed E-state index contributed by atoms with van der Waals surface area (Å²) in [7, 11) is 0. The van der Waals surface area contributed by atoms with Crippen molar-refractivity contribution in [3.63, 3.8) is 0 Å². The lowest BCUT2D eigenvalue weighted by molar-refractivity contribution is -0.132. The van der Waals surface area contributed by atoms with Crippen molar-refractivity contribution in [2.24, 2.45) is 5.92 Å². The number of carbonyl (C=O) groups is 2. The third kappa shape index (κ3) is 7.43. The zero-order valence-electron chi connectivity index (χ0n) is 21.5. The molecular weight excluding hydrogens is 460 g/mol. The summed E-state index contributed by atoms with van der Waals surface area (Å²) in [6, 6.07) is 31.5. The van der Waals surface area contributed by atoms with E-state index >= 15 is 0 Å². The third-order valence-electron chi connectivity index (χ3n) is 6.23. The molecule has 0 N–H and O–H groups in total. The Kier molecular flexibility index (Phi) is 8.93. The maximum atomic E-state index is 13.5. The predicted octanol–water partition coefficient (Wildman–Crippen LogP) is 6.32. The van der Waals surface area contributed by atoms with Gasteiger partial charge in [-0.1, -0.05) is 86.6 Å². The highest BCUT2D eigenvalue weighted by Crippen LogP contribution is 2.20. The molecule has 2 amide bonds. The molecule has 0 spiro atoms. The van der Waals surface area contributed by atoms with Crippen LogP contribution in [0, 0.1) is 5.92 Å². The molecule has 0 atom stereocenters. The molecule has 5 heteroatoms. The lowest BCUT2D eigenvalue weighted by atomic mass is 10.0. The van der Waals surface area contributed by atoms with Gasteiger partial charge in [0.15, 0.2) is 0 Å². The first kappa shape index (κ1) is 26.0. The van der Waals surface area contributed by atoms with Gasteiger partial charge in [-0.25, -0.2) is 0 Å². The molecule has 0 saturated heterocycles. The Bertz CT molecular complexity index is 1250. The Morgan fingerprint density at radius 1 is 0.757 bits per heavy atom. The number of hydrogen-bond donors (Lipinski definition) is 0. The number of nitrogens with zero attached hydrogens (tertiary/aromatic N) is 2. The molecule has 1 aromatic heterocycles. The van der Waals surface area contributed by atoms with Crippen LogP contribution < -0.4 is 0 Å². The Hall–Kier alpha value is -4.12. The van der Waals surface area contributed by atoms with Crippen molar-refractivity contribution >= 4 is 11.8 Å². The molecular formula is C32H34N2O3. The van der Waals surface area contributed by atoms with Crippen LogP contribution in [-0.2, 0) is 17.8 Å². The number of carbonyl (C=O) groups excluding carboxylic acids is 2. The highest BCUT2D eigenvalue weighted by molar-refractivity contribution is 5.97. The quantitative estimate of drug-likeness (QED) is 0.245. The van der Waals surface area contributed by atoms with Crippen molar-refractivity contribution in [1.29, 1.82) is 0 Å². The van der Waals surface area contributed by atoms with E-state index in [0.29, 0.717) is 25.2 Å². The van der Waals surface area contributed by atoms with Crippen LogP contribution in [0.3, 0.4) is 0 Å². The Labute approximate surface area is 219 Å². The van der Waals surface area contributed by atoms with Crippen molar-refractivity contribution in [2.45, 2.75) is 26.8 Å². The fourth-order valence-corrected chi connectivity index (χ4v) is 4.33. The summed E-state index contributed by atoms with van der Waals surface area (Å²) in [4.78, 5) is 30.5. The summed E-state index contributed by atoms with van der Waals surface area (Å²) in [5.41, 5.74) is 3.89. The van der Waals surface area contributed by atoms with Crippen LogP contribution in [0.2, 0.25) is 0 Å². The van der Waals surface area contributed by atoms with Gasteiger partial charge < -0.3 is 14.2 Å². The molecule has 0 aliphatic rings. The van der Waals surface area contributed by atoms with Crippen molar-refractivity contribution in [3.8, 4) is 11.1 Å². The highest BCUT2D eigenvalue weighted by Gasteiger charge is 2.24. The molecule has 0 radical (unpaired) electrons. The first-order valence-corrected chi connectivity index (χ1v) is 12.8. The standard InChI is InChI=1S/C32H34N2O3/c1-25(2)22-34(32(36)29-17-15-28(16-18-29)27-12-7-4-8-13-27)24-31(35)33(23-30-14-9-21-37-30)20-19-26-10-5-3-6-11-26/h3-18,21,25H,19-20,22-24H2,1-2H3. The second-order valence-corrected chi connectivity index (χ2v) is 9.65. The lowest BCUT2D eigenvalue weighted by Crippen LogP contribution is -2.44. The molecule has 0 saturated carbocycles. The summed E-state index contributed by atoms with van der Waals surface area (Å²) >= 11 is 0. The van der Waals surface area contributed by atoms with Crippen LogP contribution in [0.4, 0.5) is 0 Å². The van der Waals surface area contributed by atoms with Gasteiger partial charge in [-0.05, 0) is 53.3 Å². The van der Waals surface area contributed by atoms with E-state index in [0.717, 1.165) is 28.9 Å². The van der Waals surface area contributed by atoms with Gasteiger partial charge in [0.05, 0.1) is 12.8 Å². The molecule has 1 heterocycles. The van der Waals surface area contributed by atoms with Crippen LogP contribution >= 0.6 is 0 Å². The lowest BCUT2D eigenvalue weighted by Gasteiger charge is -2.28. The van der Waals surface area contributed by atoms with Gasteiger partial charge in [-0.2, -0.15) is 0 Å². The van der Waals surface area contributed by atoms with Crippen molar-refractivity contribution in [2.75, 3.05) is 19.6 Å². The van der Waals surface area contributed by atoms with Gasteiger partial charge in [0, 0.05) is 18.7 Å². The fourth-order valence-electron chi connectivity index (χ4n) is 4.33. The monoisotopic (exact) mass is 494 g/mol. The van der Waals surface area contributed by atoms with Crippen molar-refractivity contribution < 1.29 is 14.0 Å². The first-order chi connectivity index (χ1) is 18.0. The van der Waals surface area contributed by atoms with E-state index in [9.17, 15) is 9.59 Å². The van der Waals surface area contributed by atoms with Crippen LogP contribution in [-0.4, -0.2) is 41.2 Å². The zero-order valence-corrected chi connectivity index (χ0v) is 21.5. The second kappa shape index (κ2) is 12.7. The van der Waals surface area contributed by atoms with E-state index in [1.54, 1.807) is 16.1 Å². The largest absolute Gasteiger partial charge is 0.467 e. The molecule has 3 aromatic carbocycles. The Morgan fingerprint density at radius 2 is 1.41 bits per heavy atom. The van der Waals surface area contributed by atoms with E-state index in [-0.39, 0.29) is 24.3 Å². The topological polar surface area (TPSA) is 53.8 Å². The molecule has 37 heavy (non-hydrogen) atoms. The summed E-state index contributed by atoms with van der Waals surface area (Å²) in [5, 5.41) is 0. The predicted molar refractivity (Wildman–Crippen MR) is 147 cm³/mol. The maximum absolute atomic E-state index is 13.5. The minimum Gasteiger partial charge on any atom is -0.467 e. The molecule has 190 valence electrons. The van der Waals surface area contributed by atoms with E-state index in [4.69, 9.17) is 4.42 Å². The van der Waals surface area contributed by atoms with E-state index < -0.39 is 0 Å². The van der Waals surface area contributed by atoms with Gasteiger partial charge in [-0.3, -0.25) is 9.59 Å². The van der Waals surface area contributed by atoms with Gasteiger partial charge in [-0.15, -0.1) is 0 Å². The minimum absolute atomic E-state index is 0.0208. The molecule has 5 nitrogen and oxygen atoms in total. The fraction of sp³-hybridized carbons (Fsp3) is 0.250. The van der Waals surface area contributed by atoms with Crippen molar-refractivity contribution in [3.05, 3.63) is 120 Å². The molecule has 0 aliphatic heterocycles. The molecule has 0 aliphatic carbocycles. The number of furan rings is 1. The summed E-state index contributed by atoms with van der Waals surface area (Å²) in [5.74, 6) is 0.715. The number of hydrogen-bond acceptors (Lipinski definition) is 3. The van der Waals surface area contributed by atoms with Gasteiger partial charge in [0.1, 0.15) is 12.3 Å². The molecule has 0 unspecified atom stereocenters. The Balaban J connectivity index is 1.49. The normalized spacial score (nSPS) is 10.9. The molecule has 0 fully saturated rings. The van der Waals surface area contributed by atoms with Gasteiger partial charge in [0.2, 0.25) is 5.91 Å². The van der Waals surface area contributed by atoms with Crippen LogP contribution in [0.25, 0.3) is 11.1 Å². The Morgan fingerprint density at radius 3 is 2.03 bits per heavy atom. The van der Waals surface area contributed by atoms with Gasteiger partial charge in [0.25, 0.3) is 5.91 Å². The van der Waals surface area contributed by atoms with Crippen molar-refractivity contribution in [1.82, 2.24) is 9.80 Å². The van der Waals surface area contributed by atoms with Crippen LogP contribution in [0.1, 0.15) is 35.5 Å². The van der Waals surface area contributed by atoms with Crippen LogP contribution in [0.15, 0.2) is 108 Å². The van der Waals surface area contributed by atoms with Gasteiger partial charge >= 0.3 is 0 Å². The molecule has 0 bridgehead atoms. The second-order valence-electron chi connectivity index (χ2n) is 9.65. The summed E-state index contributed by atoms with van der Waals surface area (Å²) in [6.07, 6.45) is 2.34. The SMILES string of the molecule is CC(C)CN(CC(=O)N(CCc1ccccc1)Cc1ccco1)C(=O)c1ccc(-c2ccccc2)cc1. The number of amides is 2. The number of rotatable bonds is 11. The average molecular weight is 495 g/mol. The first-order valence-electron chi connectivity index (χ1n) is 12.8. The third-order valence-corrected chi connectivity index (χ3v) is 6.23. The minimum atomic E-state index is -0.136. The van der Waals surface area contributed by atoms with E-state index in [2.05, 4.69) is 26.0 Å². The highest BCUT2D eigenvalue weighted by atomic mass is 16.3. The van der Waals surface area contributed by atoms with E-state index in [1.165, 1.54) is 0 Å². The number of benzene rings is 3. The van der Waals surface area contributed by atoms with E-state index in [1.807, 2.05) is 84.9 Å². The maximum Gasteiger partial charge on any atom is 0.254 e. The summed E-state index contributed by atoms with van der Waals surface area (Å²) in [6.45, 7) is 5.54. The zero-order chi connectivity index (χ0) is 26.0. The summed E-state index contributed by atoms with van der Waals surface area (Å²) < 4.78 is 5.53. The average Bonchev–Trinajstić information content (AvgIpc) is 3.44. The molecule has 4 aromatic rings.